The first kappa shape index (κ1) is 34.7. The van der Waals surface area contributed by atoms with Gasteiger partial charge in [-0.25, -0.2) is 9.59 Å². The Hall–Kier alpha value is -4.14. The Labute approximate surface area is 291 Å². The summed E-state index contributed by atoms with van der Waals surface area (Å²) in [6.07, 6.45) is 6.72. The number of methoxy groups -OCH3 is 1. The van der Waals surface area contributed by atoms with Crippen molar-refractivity contribution in [3.63, 3.8) is 0 Å². The second-order valence-electron chi connectivity index (χ2n) is 14.9. The number of para-hydroxylation sites is 1. The van der Waals surface area contributed by atoms with Crippen LogP contribution in [0.4, 0.5) is 0 Å². The van der Waals surface area contributed by atoms with Gasteiger partial charge in [0.1, 0.15) is 12.3 Å². The lowest BCUT2D eigenvalue weighted by atomic mass is 9.81. The quantitative estimate of drug-likeness (QED) is 0.0854. The maximum atomic E-state index is 13.3. The first-order valence-corrected chi connectivity index (χ1v) is 20.6. The standard InChI is InChI=1S/C41H50N2O5Si/c1-41(2,3)49(5,6)48-24-14-23-43-35-26-31(39(44)46-4)21-22-32(35)36(29-17-11-8-12-18-29)38(43)33-20-13-19-30-25-34(42-37(30)33)40(45)47-27-28-15-9-7-10-16-28/h7,9-10,13,15-16,19-22,25-26,29,42H,8,11-12,14,17-18,23-24,27H2,1-6H3. The van der Waals surface area contributed by atoms with E-state index in [-0.39, 0.29) is 23.6 Å². The fourth-order valence-corrected chi connectivity index (χ4v) is 8.07. The molecule has 49 heavy (non-hydrogen) atoms. The lowest BCUT2D eigenvalue weighted by Crippen LogP contribution is -2.41. The van der Waals surface area contributed by atoms with Gasteiger partial charge >= 0.3 is 11.9 Å². The van der Waals surface area contributed by atoms with Crippen LogP contribution in [0, 0.1) is 0 Å². The molecule has 2 heterocycles. The van der Waals surface area contributed by atoms with Gasteiger partial charge in [0.2, 0.25) is 0 Å². The third kappa shape index (κ3) is 7.26. The van der Waals surface area contributed by atoms with Gasteiger partial charge in [-0.05, 0) is 72.6 Å². The van der Waals surface area contributed by atoms with Gasteiger partial charge in [0.15, 0.2) is 8.32 Å². The molecule has 8 heteroatoms. The van der Waals surface area contributed by atoms with E-state index in [1.165, 1.54) is 37.3 Å². The maximum absolute atomic E-state index is 13.3. The van der Waals surface area contributed by atoms with Crippen molar-refractivity contribution in [2.45, 2.75) is 96.5 Å². The zero-order chi connectivity index (χ0) is 34.8. The number of aryl methyl sites for hydroxylation is 1. The van der Waals surface area contributed by atoms with Crippen LogP contribution in [0.25, 0.3) is 33.1 Å². The summed E-state index contributed by atoms with van der Waals surface area (Å²) in [5.41, 5.74) is 7.35. The van der Waals surface area contributed by atoms with Gasteiger partial charge in [0, 0.05) is 35.0 Å². The predicted octanol–water partition coefficient (Wildman–Crippen LogP) is 10.4. The second kappa shape index (κ2) is 14.4. The van der Waals surface area contributed by atoms with Gasteiger partial charge in [-0.2, -0.15) is 0 Å². The SMILES string of the molecule is COC(=O)c1ccc2c(C3CCCCC3)c(-c3cccc4cc(C(=O)OCc5ccccc5)[nH]c34)n(CCCO[Si](C)(C)C(C)(C)C)c2c1. The van der Waals surface area contributed by atoms with E-state index in [0.717, 1.165) is 59.0 Å². The zero-order valence-electron chi connectivity index (χ0n) is 29.9. The number of H-pyrrole nitrogens is 1. The molecule has 1 N–H and O–H groups in total. The van der Waals surface area contributed by atoms with Crippen molar-refractivity contribution in [1.29, 1.82) is 0 Å². The van der Waals surface area contributed by atoms with E-state index in [9.17, 15) is 9.59 Å². The molecule has 0 spiro atoms. The minimum absolute atomic E-state index is 0.130. The normalized spacial score (nSPS) is 14.4. The molecule has 1 fully saturated rings. The second-order valence-corrected chi connectivity index (χ2v) is 19.8. The number of benzene rings is 3. The lowest BCUT2D eigenvalue weighted by Gasteiger charge is -2.36. The third-order valence-electron chi connectivity index (χ3n) is 10.7. The number of fused-ring (bicyclic) bond motifs is 2. The van der Waals surface area contributed by atoms with Crippen LogP contribution in [0.2, 0.25) is 18.1 Å². The highest BCUT2D eigenvalue weighted by Crippen LogP contribution is 2.46. The van der Waals surface area contributed by atoms with E-state index in [1.54, 1.807) is 0 Å². The molecule has 2 aromatic heterocycles. The van der Waals surface area contributed by atoms with Gasteiger partial charge < -0.3 is 23.5 Å². The molecular formula is C41H50N2O5Si. The molecular weight excluding hydrogens is 629 g/mol. The summed E-state index contributed by atoms with van der Waals surface area (Å²) in [5.74, 6) is -0.341. The van der Waals surface area contributed by atoms with Crippen LogP contribution in [-0.2, 0) is 27.1 Å². The Morgan fingerprint density at radius 3 is 2.39 bits per heavy atom. The Morgan fingerprint density at radius 1 is 0.918 bits per heavy atom. The van der Waals surface area contributed by atoms with Crippen molar-refractivity contribution in [3.05, 3.63) is 95.2 Å². The molecule has 0 saturated heterocycles. The smallest absolute Gasteiger partial charge is 0.355 e. The molecule has 6 rings (SSSR count). The molecule has 258 valence electrons. The zero-order valence-corrected chi connectivity index (χ0v) is 30.9. The first-order chi connectivity index (χ1) is 23.5. The van der Waals surface area contributed by atoms with Crippen molar-refractivity contribution < 1.29 is 23.5 Å². The molecule has 0 radical (unpaired) electrons. The number of esters is 2. The number of nitrogens with zero attached hydrogens (tertiary/aromatic N) is 1. The summed E-state index contributed by atoms with van der Waals surface area (Å²) in [5, 5.41) is 2.25. The number of hydrogen-bond acceptors (Lipinski definition) is 5. The third-order valence-corrected chi connectivity index (χ3v) is 15.2. The Balaban J connectivity index is 1.46. The van der Waals surface area contributed by atoms with Crippen molar-refractivity contribution >= 4 is 42.1 Å². The van der Waals surface area contributed by atoms with Gasteiger partial charge in [-0.1, -0.05) is 94.6 Å². The van der Waals surface area contributed by atoms with E-state index >= 15 is 0 Å². The first-order valence-electron chi connectivity index (χ1n) is 17.7. The fourth-order valence-electron chi connectivity index (χ4n) is 6.98. The minimum atomic E-state index is -1.92. The predicted molar refractivity (Wildman–Crippen MR) is 200 cm³/mol. The summed E-state index contributed by atoms with van der Waals surface area (Å²) >= 11 is 0. The Morgan fingerprint density at radius 2 is 1.67 bits per heavy atom. The van der Waals surface area contributed by atoms with Crippen LogP contribution < -0.4 is 0 Å². The van der Waals surface area contributed by atoms with E-state index in [4.69, 9.17) is 13.9 Å². The molecule has 0 amide bonds. The van der Waals surface area contributed by atoms with E-state index in [0.29, 0.717) is 23.8 Å². The highest BCUT2D eigenvalue weighted by atomic mass is 28.4. The molecule has 1 saturated carbocycles. The van der Waals surface area contributed by atoms with Gasteiger partial charge in [0.25, 0.3) is 0 Å². The number of nitrogens with one attached hydrogen (secondary N) is 1. The Bertz CT molecular complexity index is 1940. The highest BCUT2D eigenvalue weighted by Gasteiger charge is 2.37. The molecule has 3 aromatic carbocycles. The van der Waals surface area contributed by atoms with Crippen molar-refractivity contribution in [1.82, 2.24) is 9.55 Å². The molecule has 7 nitrogen and oxygen atoms in total. The van der Waals surface area contributed by atoms with Crippen LogP contribution in [0.1, 0.15) is 97.2 Å². The van der Waals surface area contributed by atoms with Crippen LogP contribution in [0.15, 0.2) is 72.8 Å². The summed E-state index contributed by atoms with van der Waals surface area (Å²) in [6, 6.07) is 23.9. The van der Waals surface area contributed by atoms with Crippen LogP contribution in [0.3, 0.4) is 0 Å². The summed E-state index contributed by atoms with van der Waals surface area (Å²) in [4.78, 5) is 29.5. The molecule has 1 aliphatic rings. The van der Waals surface area contributed by atoms with Crippen LogP contribution >= 0.6 is 0 Å². The number of ether oxygens (including phenoxy) is 2. The van der Waals surface area contributed by atoms with Crippen molar-refractivity contribution in [2.24, 2.45) is 0 Å². The largest absolute Gasteiger partial charge is 0.465 e. The summed E-state index contributed by atoms with van der Waals surface area (Å²) in [7, 11) is -0.489. The number of rotatable bonds is 11. The lowest BCUT2D eigenvalue weighted by molar-refractivity contribution is 0.0466. The summed E-state index contributed by atoms with van der Waals surface area (Å²) in [6.45, 7) is 13.0. The topological polar surface area (TPSA) is 82.6 Å². The maximum Gasteiger partial charge on any atom is 0.355 e. The van der Waals surface area contributed by atoms with Gasteiger partial charge in [-0.3, -0.25) is 0 Å². The number of hydrogen-bond donors (Lipinski definition) is 1. The van der Waals surface area contributed by atoms with Crippen LogP contribution in [-0.4, -0.2) is 43.5 Å². The van der Waals surface area contributed by atoms with Crippen molar-refractivity contribution in [2.75, 3.05) is 13.7 Å². The number of carbonyl (C=O) groups is 2. The number of aromatic nitrogens is 2. The molecule has 0 bridgehead atoms. The molecule has 5 aromatic rings. The molecule has 1 aliphatic carbocycles. The summed E-state index contributed by atoms with van der Waals surface area (Å²) < 4.78 is 19.9. The number of aromatic amines is 1. The minimum Gasteiger partial charge on any atom is -0.465 e. The monoisotopic (exact) mass is 678 g/mol. The van der Waals surface area contributed by atoms with E-state index in [1.807, 2.05) is 54.6 Å². The average Bonchev–Trinajstić information content (AvgIpc) is 3.68. The van der Waals surface area contributed by atoms with E-state index in [2.05, 4.69) is 61.6 Å². The average molecular weight is 679 g/mol. The van der Waals surface area contributed by atoms with Gasteiger partial charge in [-0.15, -0.1) is 0 Å². The van der Waals surface area contributed by atoms with E-state index < -0.39 is 8.32 Å². The van der Waals surface area contributed by atoms with Gasteiger partial charge in [0.05, 0.1) is 23.9 Å². The Kier molecular flexibility index (Phi) is 10.2. The van der Waals surface area contributed by atoms with Crippen LogP contribution in [0.5, 0.6) is 0 Å². The molecule has 0 unspecified atom stereocenters. The molecule has 0 atom stereocenters. The fraction of sp³-hybridized carbons (Fsp3) is 0.415. The van der Waals surface area contributed by atoms with Crippen molar-refractivity contribution in [3.8, 4) is 11.3 Å². The number of carbonyl (C=O) groups excluding carboxylic acids is 2. The highest BCUT2D eigenvalue weighted by molar-refractivity contribution is 6.74. The molecule has 0 aliphatic heterocycles.